The van der Waals surface area contributed by atoms with Gasteiger partial charge in [-0.05, 0) is 56.4 Å². The SMILES string of the molecule is CCCCN(CC(=O)N(Cc1cccn1Cc1ccccc1C)C(C)CC)C(=O)CCC. The van der Waals surface area contributed by atoms with Gasteiger partial charge in [-0.1, -0.05) is 51.5 Å². The molecule has 0 aliphatic carbocycles. The van der Waals surface area contributed by atoms with Crippen LogP contribution in [0.5, 0.6) is 0 Å². The van der Waals surface area contributed by atoms with Crippen LogP contribution in [0.25, 0.3) is 0 Å². The lowest BCUT2D eigenvalue weighted by Gasteiger charge is -2.32. The molecule has 1 heterocycles. The molecule has 2 aromatic rings. The number of rotatable bonds is 13. The molecule has 0 spiro atoms. The van der Waals surface area contributed by atoms with Gasteiger partial charge in [0.2, 0.25) is 11.8 Å². The van der Waals surface area contributed by atoms with Crippen LogP contribution in [0.15, 0.2) is 42.6 Å². The Morgan fingerprint density at radius 2 is 1.75 bits per heavy atom. The quantitative estimate of drug-likeness (QED) is 0.419. The van der Waals surface area contributed by atoms with E-state index in [1.807, 2.05) is 17.9 Å². The van der Waals surface area contributed by atoms with Crippen molar-refractivity contribution in [2.45, 2.75) is 85.9 Å². The Morgan fingerprint density at radius 1 is 1.00 bits per heavy atom. The molecule has 0 bridgehead atoms. The number of unbranched alkanes of at least 4 members (excludes halogenated alkanes) is 1. The molecule has 5 nitrogen and oxygen atoms in total. The normalized spacial score (nSPS) is 11.9. The van der Waals surface area contributed by atoms with Crippen LogP contribution in [-0.2, 0) is 22.7 Å². The van der Waals surface area contributed by atoms with E-state index in [4.69, 9.17) is 0 Å². The Labute approximate surface area is 194 Å². The van der Waals surface area contributed by atoms with Gasteiger partial charge in [0.25, 0.3) is 0 Å². The fourth-order valence-electron chi connectivity index (χ4n) is 3.87. The molecule has 1 aromatic heterocycles. The summed E-state index contributed by atoms with van der Waals surface area (Å²) in [5, 5.41) is 0. The maximum absolute atomic E-state index is 13.4. The van der Waals surface area contributed by atoms with Gasteiger partial charge >= 0.3 is 0 Å². The number of nitrogens with zero attached hydrogens (tertiary/aromatic N) is 3. The first kappa shape index (κ1) is 25.7. The van der Waals surface area contributed by atoms with Crippen molar-refractivity contribution < 1.29 is 9.59 Å². The maximum atomic E-state index is 13.4. The molecule has 1 atom stereocenters. The highest BCUT2D eigenvalue weighted by molar-refractivity contribution is 5.85. The summed E-state index contributed by atoms with van der Waals surface area (Å²) < 4.78 is 2.22. The van der Waals surface area contributed by atoms with Crippen molar-refractivity contribution in [2.75, 3.05) is 13.1 Å². The number of hydrogen-bond donors (Lipinski definition) is 0. The third-order valence-corrected chi connectivity index (χ3v) is 6.23. The molecule has 0 saturated heterocycles. The van der Waals surface area contributed by atoms with Crippen LogP contribution < -0.4 is 0 Å². The van der Waals surface area contributed by atoms with E-state index in [0.29, 0.717) is 19.5 Å². The first-order valence-electron chi connectivity index (χ1n) is 12.2. The van der Waals surface area contributed by atoms with Crippen molar-refractivity contribution in [3.8, 4) is 0 Å². The van der Waals surface area contributed by atoms with Gasteiger partial charge in [-0.15, -0.1) is 0 Å². The molecule has 176 valence electrons. The standard InChI is InChI=1S/C27H41N3O2/c1-6-9-17-29(26(31)13-7-2)21-27(32)30(23(5)8-3)20-25-16-12-18-28(25)19-24-15-11-10-14-22(24)4/h10-12,14-16,18,23H,6-9,13,17,19-21H2,1-5H3. The predicted molar refractivity (Wildman–Crippen MR) is 131 cm³/mol. The van der Waals surface area contributed by atoms with Gasteiger partial charge in [0.05, 0.1) is 13.1 Å². The maximum Gasteiger partial charge on any atom is 0.242 e. The number of aryl methyl sites for hydroxylation is 1. The zero-order valence-corrected chi connectivity index (χ0v) is 20.6. The molecule has 1 aromatic carbocycles. The van der Waals surface area contributed by atoms with Gasteiger partial charge in [0, 0.05) is 37.4 Å². The summed E-state index contributed by atoms with van der Waals surface area (Å²) in [5.74, 6) is 0.116. The summed E-state index contributed by atoms with van der Waals surface area (Å²) in [4.78, 5) is 29.7. The molecular formula is C27H41N3O2. The van der Waals surface area contributed by atoms with Gasteiger partial charge in [-0.3, -0.25) is 9.59 Å². The topological polar surface area (TPSA) is 45.6 Å². The summed E-state index contributed by atoms with van der Waals surface area (Å²) in [6.07, 6.45) is 6.19. The summed E-state index contributed by atoms with van der Waals surface area (Å²) >= 11 is 0. The number of hydrogen-bond acceptors (Lipinski definition) is 2. The lowest BCUT2D eigenvalue weighted by Crippen LogP contribution is -2.46. The second kappa shape index (κ2) is 13.1. The van der Waals surface area contributed by atoms with E-state index in [0.717, 1.165) is 37.9 Å². The predicted octanol–water partition coefficient (Wildman–Crippen LogP) is 5.40. The van der Waals surface area contributed by atoms with Crippen LogP contribution in [0.3, 0.4) is 0 Å². The summed E-state index contributed by atoms with van der Waals surface area (Å²) in [6.45, 7) is 12.6. The van der Waals surface area contributed by atoms with Gasteiger partial charge in [0.1, 0.15) is 0 Å². The molecule has 5 heteroatoms. The highest BCUT2D eigenvalue weighted by Gasteiger charge is 2.24. The van der Waals surface area contributed by atoms with Crippen molar-refractivity contribution in [2.24, 2.45) is 0 Å². The number of amides is 2. The van der Waals surface area contributed by atoms with Gasteiger partial charge in [-0.2, -0.15) is 0 Å². The highest BCUT2D eigenvalue weighted by atomic mass is 16.2. The summed E-state index contributed by atoms with van der Waals surface area (Å²) in [6, 6.07) is 12.7. The highest BCUT2D eigenvalue weighted by Crippen LogP contribution is 2.16. The molecule has 0 radical (unpaired) electrons. The minimum atomic E-state index is 0.0311. The molecule has 0 aliphatic rings. The van der Waals surface area contributed by atoms with E-state index in [1.165, 1.54) is 11.1 Å². The van der Waals surface area contributed by atoms with Crippen LogP contribution in [0.4, 0.5) is 0 Å². The molecule has 32 heavy (non-hydrogen) atoms. The largest absolute Gasteiger partial charge is 0.345 e. The van der Waals surface area contributed by atoms with E-state index >= 15 is 0 Å². The second-order valence-corrected chi connectivity index (χ2v) is 8.75. The Morgan fingerprint density at radius 3 is 2.41 bits per heavy atom. The van der Waals surface area contributed by atoms with Gasteiger partial charge in [-0.25, -0.2) is 0 Å². The van der Waals surface area contributed by atoms with Crippen molar-refractivity contribution >= 4 is 11.8 Å². The number of benzene rings is 1. The third-order valence-electron chi connectivity index (χ3n) is 6.23. The average molecular weight is 440 g/mol. The number of carbonyl (C=O) groups excluding carboxylic acids is 2. The Kier molecular flexibility index (Phi) is 10.5. The Hall–Kier alpha value is -2.56. The fourth-order valence-corrected chi connectivity index (χ4v) is 3.87. The molecular weight excluding hydrogens is 398 g/mol. The number of carbonyl (C=O) groups is 2. The minimum Gasteiger partial charge on any atom is -0.345 e. The zero-order valence-electron chi connectivity index (χ0n) is 20.6. The first-order chi connectivity index (χ1) is 15.4. The lowest BCUT2D eigenvalue weighted by molar-refractivity contribution is -0.142. The molecule has 2 rings (SSSR count). The van der Waals surface area contributed by atoms with Gasteiger partial charge in [0.15, 0.2) is 0 Å². The first-order valence-corrected chi connectivity index (χ1v) is 12.2. The zero-order chi connectivity index (χ0) is 23.5. The van der Waals surface area contributed by atoms with E-state index in [1.54, 1.807) is 4.90 Å². The number of aromatic nitrogens is 1. The van der Waals surface area contributed by atoms with Crippen molar-refractivity contribution in [1.82, 2.24) is 14.4 Å². The van der Waals surface area contributed by atoms with Crippen LogP contribution >= 0.6 is 0 Å². The van der Waals surface area contributed by atoms with Gasteiger partial charge < -0.3 is 14.4 Å². The summed E-state index contributed by atoms with van der Waals surface area (Å²) in [5.41, 5.74) is 3.66. The second-order valence-electron chi connectivity index (χ2n) is 8.75. The van der Waals surface area contributed by atoms with Crippen LogP contribution in [0.1, 0.15) is 76.6 Å². The van der Waals surface area contributed by atoms with E-state index in [9.17, 15) is 9.59 Å². The van der Waals surface area contributed by atoms with E-state index in [2.05, 4.69) is 68.8 Å². The van der Waals surface area contributed by atoms with Crippen molar-refractivity contribution in [3.05, 3.63) is 59.4 Å². The monoisotopic (exact) mass is 439 g/mol. The van der Waals surface area contributed by atoms with Crippen molar-refractivity contribution in [1.29, 1.82) is 0 Å². The molecule has 0 fully saturated rings. The molecule has 0 aliphatic heterocycles. The Bertz CT molecular complexity index is 858. The van der Waals surface area contributed by atoms with Crippen LogP contribution in [0.2, 0.25) is 0 Å². The van der Waals surface area contributed by atoms with Crippen molar-refractivity contribution in [3.63, 3.8) is 0 Å². The average Bonchev–Trinajstić information content (AvgIpc) is 3.22. The molecule has 0 N–H and O–H groups in total. The lowest BCUT2D eigenvalue weighted by atomic mass is 10.1. The van der Waals surface area contributed by atoms with Crippen LogP contribution in [0, 0.1) is 6.92 Å². The third kappa shape index (κ3) is 7.25. The summed E-state index contributed by atoms with van der Waals surface area (Å²) in [7, 11) is 0. The van der Waals surface area contributed by atoms with Crippen LogP contribution in [-0.4, -0.2) is 45.3 Å². The molecule has 2 amide bonds. The van der Waals surface area contributed by atoms with E-state index < -0.39 is 0 Å². The molecule has 0 saturated carbocycles. The smallest absolute Gasteiger partial charge is 0.242 e. The minimum absolute atomic E-state index is 0.0311. The fraction of sp³-hybridized carbons (Fsp3) is 0.556. The Balaban J connectivity index is 2.18. The van der Waals surface area contributed by atoms with E-state index in [-0.39, 0.29) is 24.4 Å². The molecule has 1 unspecified atom stereocenters.